The van der Waals surface area contributed by atoms with E-state index in [1.165, 1.54) is 12.1 Å². The maximum Gasteiger partial charge on any atom is 0.306 e. The number of alkyl halides is 2. The second-order valence-corrected chi connectivity index (χ2v) is 5.19. The molecule has 2 aromatic carbocycles. The fourth-order valence-electron chi connectivity index (χ4n) is 2.09. The number of hydrogen-bond donors (Lipinski definition) is 1. The van der Waals surface area contributed by atoms with Gasteiger partial charge >= 0.3 is 5.92 Å². The summed E-state index contributed by atoms with van der Waals surface area (Å²) in [7, 11) is 0. The van der Waals surface area contributed by atoms with E-state index in [1.54, 1.807) is 31.2 Å². The second kappa shape index (κ2) is 6.22. The standard InChI is InChI=1S/C17H19F2NO/c1-12-8-9-16(15(10-12)13(2)20)21-11-17(18,19)14-6-4-3-5-7-14/h3-10,13H,11,20H2,1-2H3/t13-/m1/s1. The number of halogens is 2. The van der Waals surface area contributed by atoms with E-state index in [-0.39, 0.29) is 11.6 Å². The van der Waals surface area contributed by atoms with Crippen LogP contribution in [-0.2, 0) is 5.92 Å². The lowest BCUT2D eigenvalue weighted by atomic mass is 10.0. The van der Waals surface area contributed by atoms with Gasteiger partial charge in [0.2, 0.25) is 0 Å². The summed E-state index contributed by atoms with van der Waals surface area (Å²) in [6.07, 6.45) is 0. The average molecular weight is 291 g/mol. The van der Waals surface area contributed by atoms with E-state index in [2.05, 4.69) is 0 Å². The number of rotatable bonds is 5. The topological polar surface area (TPSA) is 35.2 Å². The normalized spacial score (nSPS) is 13.0. The molecule has 112 valence electrons. The largest absolute Gasteiger partial charge is 0.487 e. The van der Waals surface area contributed by atoms with Crippen LogP contribution in [0, 0.1) is 6.92 Å². The van der Waals surface area contributed by atoms with Crippen LogP contribution in [0.3, 0.4) is 0 Å². The number of nitrogens with two attached hydrogens (primary N) is 1. The Labute approximate surface area is 123 Å². The predicted octanol–water partition coefficient (Wildman–Crippen LogP) is 4.19. The summed E-state index contributed by atoms with van der Waals surface area (Å²) in [6.45, 7) is 3.02. The minimum atomic E-state index is -3.04. The Kier molecular flexibility index (Phi) is 4.58. The first kappa shape index (κ1) is 15.4. The number of aryl methyl sites for hydroxylation is 1. The van der Waals surface area contributed by atoms with Gasteiger partial charge in [-0.2, -0.15) is 8.78 Å². The highest BCUT2D eigenvalue weighted by atomic mass is 19.3. The smallest absolute Gasteiger partial charge is 0.306 e. The minimum absolute atomic E-state index is 0.0561. The van der Waals surface area contributed by atoms with E-state index in [4.69, 9.17) is 10.5 Å². The highest BCUT2D eigenvalue weighted by molar-refractivity contribution is 5.39. The lowest BCUT2D eigenvalue weighted by Crippen LogP contribution is -2.23. The van der Waals surface area contributed by atoms with E-state index in [0.29, 0.717) is 5.75 Å². The molecule has 0 heterocycles. The van der Waals surface area contributed by atoms with E-state index >= 15 is 0 Å². The molecule has 2 aromatic rings. The van der Waals surface area contributed by atoms with Crippen LogP contribution in [0.25, 0.3) is 0 Å². The van der Waals surface area contributed by atoms with E-state index in [0.717, 1.165) is 11.1 Å². The molecule has 2 N–H and O–H groups in total. The van der Waals surface area contributed by atoms with Crippen LogP contribution in [0.1, 0.15) is 29.7 Å². The van der Waals surface area contributed by atoms with E-state index < -0.39 is 12.5 Å². The minimum Gasteiger partial charge on any atom is -0.487 e. The van der Waals surface area contributed by atoms with Crippen molar-refractivity contribution >= 4 is 0 Å². The van der Waals surface area contributed by atoms with Gasteiger partial charge in [-0.1, -0.05) is 48.0 Å². The van der Waals surface area contributed by atoms with Crippen LogP contribution in [-0.4, -0.2) is 6.61 Å². The molecule has 4 heteroatoms. The molecule has 2 rings (SSSR count). The Morgan fingerprint density at radius 2 is 1.81 bits per heavy atom. The van der Waals surface area contributed by atoms with Crippen LogP contribution < -0.4 is 10.5 Å². The Balaban J connectivity index is 2.16. The second-order valence-electron chi connectivity index (χ2n) is 5.19. The van der Waals surface area contributed by atoms with Crippen LogP contribution in [0.5, 0.6) is 5.75 Å². The van der Waals surface area contributed by atoms with Crippen molar-refractivity contribution < 1.29 is 13.5 Å². The molecule has 0 saturated heterocycles. The Hall–Kier alpha value is -1.94. The first-order valence-electron chi connectivity index (χ1n) is 6.82. The lowest BCUT2D eigenvalue weighted by Gasteiger charge is -2.20. The van der Waals surface area contributed by atoms with Gasteiger partial charge in [-0.3, -0.25) is 0 Å². The van der Waals surface area contributed by atoms with Gasteiger partial charge in [0, 0.05) is 17.2 Å². The SMILES string of the molecule is Cc1ccc(OCC(F)(F)c2ccccc2)c([C@@H](C)N)c1. The lowest BCUT2D eigenvalue weighted by molar-refractivity contribution is -0.0470. The summed E-state index contributed by atoms with van der Waals surface area (Å²) in [5.41, 5.74) is 7.56. The molecule has 0 spiro atoms. The van der Waals surface area contributed by atoms with Gasteiger partial charge in [0.25, 0.3) is 0 Å². The van der Waals surface area contributed by atoms with Gasteiger partial charge in [-0.05, 0) is 19.9 Å². The van der Waals surface area contributed by atoms with Crippen LogP contribution in [0.15, 0.2) is 48.5 Å². The van der Waals surface area contributed by atoms with Crippen molar-refractivity contribution in [2.24, 2.45) is 5.73 Å². The fourth-order valence-corrected chi connectivity index (χ4v) is 2.09. The summed E-state index contributed by atoms with van der Waals surface area (Å²) in [4.78, 5) is 0. The van der Waals surface area contributed by atoms with Gasteiger partial charge < -0.3 is 10.5 Å². The Bertz CT molecular complexity index is 597. The molecule has 0 aliphatic rings. The molecule has 0 aliphatic carbocycles. The molecule has 21 heavy (non-hydrogen) atoms. The fraction of sp³-hybridized carbons (Fsp3) is 0.294. The zero-order valence-electron chi connectivity index (χ0n) is 12.1. The molecule has 0 radical (unpaired) electrons. The molecule has 0 fully saturated rings. The molecule has 0 aromatic heterocycles. The molecule has 0 amide bonds. The van der Waals surface area contributed by atoms with E-state index in [9.17, 15) is 8.78 Å². The maximum atomic E-state index is 14.1. The van der Waals surface area contributed by atoms with Crippen LogP contribution in [0.4, 0.5) is 8.78 Å². The molecule has 1 atom stereocenters. The number of hydrogen-bond acceptors (Lipinski definition) is 2. The van der Waals surface area contributed by atoms with Crippen molar-refractivity contribution in [1.82, 2.24) is 0 Å². The molecule has 2 nitrogen and oxygen atoms in total. The highest BCUT2D eigenvalue weighted by Crippen LogP contribution is 2.31. The third kappa shape index (κ3) is 3.79. The van der Waals surface area contributed by atoms with Crippen molar-refractivity contribution in [1.29, 1.82) is 0 Å². The Morgan fingerprint density at radius 1 is 1.14 bits per heavy atom. The van der Waals surface area contributed by atoms with Gasteiger partial charge in [-0.25, -0.2) is 0 Å². The summed E-state index contributed by atoms with van der Waals surface area (Å²) in [5, 5.41) is 0. The third-order valence-corrected chi connectivity index (χ3v) is 3.26. The zero-order chi connectivity index (χ0) is 15.5. The molecule has 0 unspecified atom stereocenters. The van der Waals surface area contributed by atoms with Gasteiger partial charge in [-0.15, -0.1) is 0 Å². The third-order valence-electron chi connectivity index (χ3n) is 3.26. The van der Waals surface area contributed by atoms with Crippen LogP contribution in [0.2, 0.25) is 0 Å². The van der Waals surface area contributed by atoms with Crippen molar-refractivity contribution in [3.63, 3.8) is 0 Å². The van der Waals surface area contributed by atoms with Gasteiger partial charge in [0.1, 0.15) is 5.75 Å². The summed E-state index contributed by atoms with van der Waals surface area (Å²) in [6, 6.07) is 12.8. The van der Waals surface area contributed by atoms with Crippen LogP contribution >= 0.6 is 0 Å². The van der Waals surface area contributed by atoms with Crippen molar-refractivity contribution in [2.45, 2.75) is 25.8 Å². The quantitative estimate of drug-likeness (QED) is 0.896. The molecule has 0 aliphatic heterocycles. The van der Waals surface area contributed by atoms with Crippen molar-refractivity contribution in [3.8, 4) is 5.75 Å². The van der Waals surface area contributed by atoms with Crippen molar-refractivity contribution in [2.75, 3.05) is 6.61 Å². The predicted molar refractivity (Wildman–Crippen MR) is 79.6 cm³/mol. The monoisotopic (exact) mass is 291 g/mol. The molecule has 0 saturated carbocycles. The van der Waals surface area contributed by atoms with Gasteiger partial charge in [0.15, 0.2) is 6.61 Å². The van der Waals surface area contributed by atoms with Crippen molar-refractivity contribution in [3.05, 3.63) is 65.2 Å². The van der Waals surface area contributed by atoms with Gasteiger partial charge in [0.05, 0.1) is 0 Å². The molecular weight excluding hydrogens is 272 g/mol. The van der Waals surface area contributed by atoms with E-state index in [1.807, 2.05) is 19.1 Å². The first-order valence-corrected chi connectivity index (χ1v) is 6.82. The Morgan fingerprint density at radius 3 is 2.43 bits per heavy atom. The molecular formula is C17H19F2NO. The zero-order valence-corrected chi connectivity index (χ0v) is 12.1. The highest BCUT2D eigenvalue weighted by Gasteiger charge is 2.32. The number of ether oxygens (including phenoxy) is 1. The summed E-state index contributed by atoms with van der Waals surface area (Å²) >= 11 is 0. The summed E-state index contributed by atoms with van der Waals surface area (Å²) in [5.74, 6) is -2.63. The molecule has 0 bridgehead atoms. The number of benzene rings is 2. The first-order chi connectivity index (χ1) is 9.90. The summed E-state index contributed by atoms with van der Waals surface area (Å²) < 4.78 is 33.5. The average Bonchev–Trinajstić information content (AvgIpc) is 2.47. The maximum absolute atomic E-state index is 14.1.